The molecule has 30 heavy (non-hydrogen) atoms. The second-order valence-electron chi connectivity index (χ2n) is 7.36. The standard InChI is InChI=1S/C22H18N2O6/c1-13-4-2-7-18-19(13)21(26)23(20(18)25)15-8-10-17(11-9-15)30-22(27)14-5-3-6-16(12-14)24(28)29/h2-6,8-13,18-19H,7H2,1H3/t13-,18-,19+/m0/s1. The highest BCUT2D eigenvalue weighted by atomic mass is 16.6. The van der Waals surface area contributed by atoms with Crippen LogP contribution in [-0.4, -0.2) is 22.7 Å². The van der Waals surface area contributed by atoms with Crippen LogP contribution in [0, 0.1) is 27.9 Å². The van der Waals surface area contributed by atoms with Crippen molar-refractivity contribution in [2.24, 2.45) is 17.8 Å². The first-order valence-electron chi connectivity index (χ1n) is 9.48. The van der Waals surface area contributed by atoms with Crippen molar-refractivity contribution in [1.82, 2.24) is 0 Å². The lowest BCUT2D eigenvalue weighted by Gasteiger charge is -2.22. The number of non-ortho nitro benzene ring substituents is 1. The monoisotopic (exact) mass is 406 g/mol. The lowest BCUT2D eigenvalue weighted by atomic mass is 9.78. The maximum Gasteiger partial charge on any atom is 0.343 e. The summed E-state index contributed by atoms with van der Waals surface area (Å²) in [4.78, 5) is 49.3. The van der Waals surface area contributed by atoms with E-state index in [1.54, 1.807) is 12.1 Å². The molecule has 8 nitrogen and oxygen atoms in total. The van der Waals surface area contributed by atoms with Crippen molar-refractivity contribution in [2.45, 2.75) is 13.3 Å². The van der Waals surface area contributed by atoms with Crippen LogP contribution in [0.3, 0.4) is 0 Å². The Morgan fingerprint density at radius 1 is 1.13 bits per heavy atom. The molecule has 2 amide bonds. The number of amides is 2. The molecule has 1 aliphatic carbocycles. The molecule has 1 heterocycles. The van der Waals surface area contributed by atoms with Gasteiger partial charge in [0.25, 0.3) is 5.69 Å². The lowest BCUT2D eigenvalue weighted by Crippen LogP contribution is -2.31. The fourth-order valence-electron chi connectivity index (χ4n) is 3.98. The molecule has 1 aliphatic heterocycles. The smallest absolute Gasteiger partial charge is 0.343 e. The minimum absolute atomic E-state index is 0.000331. The fourth-order valence-corrected chi connectivity index (χ4v) is 3.98. The van der Waals surface area contributed by atoms with Gasteiger partial charge in [-0.3, -0.25) is 24.6 Å². The summed E-state index contributed by atoms with van der Waals surface area (Å²) in [6, 6.07) is 11.3. The number of ether oxygens (including phenoxy) is 1. The number of hydrogen-bond donors (Lipinski definition) is 0. The third-order valence-corrected chi connectivity index (χ3v) is 5.47. The average molecular weight is 406 g/mol. The number of allylic oxidation sites excluding steroid dienone is 2. The van der Waals surface area contributed by atoms with E-state index in [0.717, 1.165) is 6.07 Å². The van der Waals surface area contributed by atoms with Crippen LogP contribution in [0.25, 0.3) is 0 Å². The molecule has 0 saturated carbocycles. The fraction of sp³-hybridized carbons (Fsp3) is 0.227. The van der Waals surface area contributed by atoms with Crippen molar-refractivity contribution >= 4 is 29.2 Å². The Balaban J connectivity index is 1.50. The number of fused-ring (bicyclic) bond motifs is 1. The summed E-state index contributed by atoms with van der Waals surface area (Å²) in [6.45, 7) is 1.93. The predicted molar refractivity (Wildman–Crippen MR) is 107 cm³/mol. The number of imide groups is 1. The van der Waals surface area contributed by atoms with Gasteiger partial charge in [0.2, 0.25) is 11.8 Å². The average Bonchev–Trinajstić information content (AvgIpc) is 3.00. The Kier molecular flexibility index (Phi) is 4.91. The Labute approximate surface area is 171 Å². The lowest BCUT2D eigenvalue weighted by molar-refractivity contribution is -0.384. The van der Waals surface area contributed by atoms with E-state index in [4.69, 9.17) is 4.74 Å². The molecule has 1 fully saturated rings. The molecule has 3 atom stereocenters. The molecule has 2 aromatic carbocycles. The van der Waals surface area contributed by atoms with Gasteiger partial charge in [-0.05, 0) is 42.7 Å². The van der Waals surface area contributed by atoms with E-state index in [9.17, 15) is 24.5 Å². The Morgan fingerprint density at radius 2 is 1.87 bits per heavy atom. The van der Waals surface area contributed by atoms with Crippen LogP contribution in [0.2, 0.25) is 0 Å². The van der Waals surface area contributed by atoms with Crippen LogP contribution in [0.5, 0.6) is 5.75 Å². The highest BCUT2D eigenvalue weighted by Crippen LogP contribution is 2.40. The SMILES string of the molecule is C[C@H]1C=CC[C@@H]2C(=O)N(c3ccc(OC(=O)c4cccc([N+](=O)[O-])c4)cc3)C(=O)[C@@H]21. The van der Waals surface area contributed by atoms with Gasteiger partial charge in [-0.25, -0.2) is 4.79 Å². The summed E-state index contributed by atoms with van der Waals surface area (Å²) in [5.41, 5.74) is 0.251. The first kappa shape index (κ1) is 19.5. The number of carbonyl (C=O) groups excluding carboxylic acids is 3. The largest absolute Gasteiger partial charge is 0.423 e. The molecular weight excluding hydrogens is 388 g/mol. The molecular formula is C22H18N2O6. The van der Waals surface area contributed by atoms with Crippen molar-refractivity contribution in [2.75, 3.05) is 4.90 Å². The Bertz CT molecular complexity index is 1080. The Hall–Kier alpha value is -3.81. The van der Waals surface area contributed by atoms with Crippen molar-refractivity contribution in [3.63, 3.8) is 0 Å². The number of carbonyl (C=O) groups is 3. The number of nitro benzene ring substituents is 1. The number of benzene rings is 2. The van der Waals surface area contributed by atoms with Gasteiger partial charge < -0.3 is 4.74 Å². The highest BCUT2D eigenvalue weighted by molar-refractivity contribution is 6.22. The molecule has 4 rings (SSSR count). The van der Waals surface area contributed by atoms with E-state index in [1.165, 1.54) is 35.2 Å². The summed E-state index contributed by atoms with van der Waals surface area (Å²) in [7, 11) is 0. The summed E-state index contributed by atoms with van der Waals surface area (Å²) in [6.07, 6.45) is 4.46. The zero-order valence-corrected chi connectivity index (χ0v) is 16.1. The molecule has 0 N–H and O–H groups in total. The first-order chi connectivity index (χ1) is 14.4. The molecule has 0 radical (unpaired) electrons. The minimum Gasteiger partial charge on any atom is -0.423 e. The number of esters is 1. The second kappa shape index (κ2) is 7.55. The topological polar surface area (TPSA) is 107 Å². The van der Waals surface area contributed by atoms with Crippen LogP contribution >= 0.6 is 0 Å². The number of nitro groups is 1. The maximum atomic E-state index is 12.8. The molecule has 0 bridgehead atoms. The summed E-state index contributed by atoms with van der Waals surface area (Å²) >= 11 is 0. The van der Waals surface area contributed by atoms with Crippen LogP contribution in [0.1, 0.15) is 23.7 Å². The van der Waals surface area contributed by atoms with E-state index >= 15 is 0 Å². The molecule has 0 spiro atoms. The zero-order valence-electron chi connectivity index (χ0n) is 16.1. The van der Waals surface area contributed by atoms with Crippen molar-refractivity contribution in [3.05, 3.63) is 76.4 Å². The van der Waals surface area contributed by atoms with Crippen LogP contribution < -0.4 is 9.64 Å². The predicted octanol–water partition coefficient (Wildman–Crippen LogP) is 3.52. The Morgan fingerprint density at radius 3 is 2.53 bits per heavy atom. The number of hydrogen-bond acceptors (Lipinski definition) is 6. The van der Waals surface area contributed by atoms with Gasteiger partial charge in [0, 0.05) is 12.1 Å². The van der Waals surface area contributed by atoms with Crippen molar-refractivity contribution < 1.29 is 24.0 Å². The quantitative estimate of drug-likeness (QED) is 0.192. The summed E-state index contributed by atoms with van der Waals surface area (Å²) in [5.74, 6) is -1.68. The van der Waals surface area contributed by atoms with Crippen LogP contribution in [0.15, 0.2) is 60.7 Å². The van der Waals surface area contributed by atoms with E-state index in [2.05, 4.69) is 0 Å². The molecule has 1 saturated heterocycles. The van der Waals surface area contributed by atoms with Gasteiger partial charge >= 0.3 is 5.97 Å². The van der Waals surface area contributed by atoms with Gasteiger partial charge in [-0.15, -0.1) is 0 Å². The molecule has 2 aromatic rings. The van der Waals surface area contributed by atoms with Crippen molar-refractivity contribution in [1.29, 1.82) is 0 Å². The number of nitrogens with zero attached hydrogens (tertiary/aromatic N) is 2. The number of anilines is 1. The second-order valence-corrected chi connectivity index (χ2v) is 7.36. The summed E-state index contributed by atoms with van der Waals surface area (Å²) < 4.78 is 5.26. The zero-order chi connectivity index (χ0) is 21.4. The maximum absolute atomic E-state index is 12.8. The van der Waals surface area contributed by atoms with Gasteiger partial charge in [-0.1, -0.05) is 25.1 Å². The number of rotatable bonds is 4. The molecule has 8 heteroatoms. The van der Waals surface area contributed by atoms with Crippen LogP contribution in [0.4, 0.5) is 11.4 Å². The van der Waals surface area contributed by atoms with Gasteiger partial charge in [0.05, 0.1) is 28.0 Å². The van der Waals surface area contributed by atoms with Crippen molar-refractivity contribution in [3.8, 4) is 5.75 Å². The van der Waals surface area contributed by atoms with E-state index in [-0.39, 0.29) is 46.6 Å². The third kappa shape index (κ3) is 3.36. The molecule has 2 aliphatic rings. The molecule has 0 unspecified atom stereocenters. The molecule has 152 valence electrons. The van der Waals surface area contributed by atoms with E-state index in [1.807, 2.05) is 19.1 Å². The normalized spacial score (nSPS) is 22.7. The summed E-state index contributed by atoms with van der Waals surface area (Å²) in [5, 5.41) is 10.9. The third-order valence-electron chi connectivity index (χ3n) is 5.47. The van der Waals surface area contributed by atoms with Gasteiger partial charge in [0.15, 0.2) is 0 Å². The first-order valence-corrected chi connectivity index (χ1v) is 9.48. The van der Waals surface area contributed by atoms with Gasteiger partial charge in [-0.2, -0.15) is 0 Å². The van der Waals surface area contributed by atoms with Crippen LogP contribution in [-0.2, 0) is 9.59 Å². The van der Waals surface area contributed by atoms with E-state index < -0.39 is 10.9 Å². The molecule has 0 aromatic heterocycles. The highest BCUT2D eigenvalue weighted by Gasteiger charge is 2.50. The van der Waals surface area contributed by atoms with Gasteiger partial charge in [0.1, 0.15) is 5.75 Å². The van der Waals surface area contributed by atoms with E-state index in [0.29, 0.717) is 12.1 Å². The minimum atomic E-state index is -0.745.